The first kappa shape index (κ1) is 12.2. The zero-order valence-corrected chi connectivity index (χ0v) is 11.3. The Hall–Kier alpha value is -0.860. The Morgan fingerprint density at radius 2 is 2.06 bits per heavy atom. The molecule has 3 rings (SSSR count). The van der Waals surface area contributed by atoms with Gasteiger partial charge in [-0.1, -0.05) is 44.2 Å². The van der Waals surface area contributed by atoms with Crippen LogP contribution in [0.2, 0.25) is 0 Å². The van der Waals surface area contributed by atoms with E-state index in [-0.39, 0.29) is 5.60 Å². The molecular formula is C16H23NO. The number of aliphatic hydroxyl groups is 1. The third-order valence-electron chi connectivity index (χ3n) is 4.52. The van der Waals surface area contributed by atoms with Crippen molar-refractivity contribution in [2.24, 2.45) is 11.8 Å². The van der Waals surface area contributed by atoms with Gasteiger partial charge in [0.15, 0.2) is 0 Å². The van der Waals surface area contributed by atoms with E-state index in [1.807, 2.05) is 0 Å². The van der Waals surface area contributed by atoms with E-state index >= 15 is 0 Å². The molecule has 0 amide bonds. The van der Waals surface area contributed by atoms with Crippen LogP contribution in [0, 0.1) is 11.8 Å². The van der Waals surface area contributed by atoms with Gasteiger partial charge < -0.3 is 5.11 Å². The topological polar surface area (TPSA) is 23.5 Å². The highest BCUT2D eigenvalue weighted by molar-refractivity contribution is 5.21. The number of likely N-dealkylation sites (tertiary alicyclic amines) is 1. The first-order chi connectivity index (χ1) is 8.59. The van der Waals surface area contributed by atoms with E-state index in [1.54, 1.807) is 0 Å². The van der Waals surface area contributed by atoms with Crippen LogP contribution in [0.25, 0.3) is 0 Å². The minimum atomic E-state index is -0.362. The summed E-state index contributed by atoms with van der Waals surface area (Å²) in [5.74, 6) is 1.18. The summed E-state index contributed by atoms with van der Waals surface area (Å²) in [7, 11) is 0. The third kappa shape index (κ3) is 2.08. The average Bonchev–Trinajstić information content (AvgIpc) is 2.91. The van der Waals surface area contributed by atoms with Crippen LogP contribution in [0.15, 0.2) is 30.3 Å². The fraction of sp³-hybridized carbons (Fsp3) is 0.625. The molecule has 98 valence electrons. The molecule has 1 saturated heterocycles. The monoisotopic (exact) mass is 245 g/mol. The van der Waals surface area contributed by atoms with E-state index in [9.17, 15) is 5.11 Å². The Kier molecular flexibility index (Phi) is 2.95. The van der Waals surface area contributed by atoms with E-state index in [4.69, 9.17) is 0 Å². The summed E-state index contributed by atoms with van der Waals surface area (Å²) in [6.45, 7) is 6.55. The van der Waals surface area contributed by atoms with Gasteiger partial charge in [0.25, 0.3) is 0 Å². The molecule has 3 atom stereocenters. The van der Waals surface area contributed by atoms with Crippen molar-refractivity contribution in [3.63, 3.8) is 0 Å². The minimum Gasteiger partial charge on any atom is -0.388 e. The van der Waals surface area contributed by atoms with Gasteiger partial charge in [-0.15, -0.1) is 0 Å². The van der Waals surface area contributed by atoms with Crippen molar-refractivity contribution in [3.8, 4) is 0 Å². The molecule has 1 N–H and O–H groups in total. The molecule has 2 aliphatic rings. The molecular weight excluding hydrogens is 222 g/mol. The standard InChI is InChI=1S/C16H23NO/c1-12(2)8-15-16(18)9-14(16)11-17(15)10-13-6-4-3-5-7-13/h3-7,12,14-15,18H,8-11H2,1-2H3. The van der Waals surface area contributed by atoms with Gasteiger partial charge in [0.05, 0.1) is 5.60 Å². The van der Waals surface area contributed by atoms with E-state index in [2.05, 4.69) is 49.1 Å². The lowest BCUT2D eigenvalue weighted by atomic mass is 9.97. The molecule has 2 nitrogen and oxygen atoms in total. The molecule has 0 bridgehead atoms. The van der Waals surface area contributed by atoms with Crippen molar-refractivity contribution >= 4 is 0 Å². The SMILES string of the molecule is CC(C)CC1N(Cc2ccccc2)CC2CC21O. The van der Waals surface area contributed by atoms with Crippen LogP contribution in [0.3, 0.4) is 0 Å². The van der Waals surface area contributed by atoms with Gasteiger partial charge in [-0.25, -0.2) is 0 Å². The summed E-state index contributed by atoms with van der Waals surface area (Å²) >= 11 is 0. The van der Waals surface area contributed by atoms with E-state index in [0.29, 0.717) is 17.9 Å². The maximum absolute atomic E-state index is 10.6. The number of hydrogen-bond donors (Lipinski definition) is 1. The molecule has 1 heterocycles. The van der Waals surface area contributed by atoms with Gasteiger partial charge in [-0.2, -0.15) is 0 Å². The zero-order chi connectivity index (χ0) is 12.8. The summed E-state index contributed by atoms with van der Waals surface area (Å²) in [5.41, 5.74) is 0.995. The van der Waals surface area contributed by atoms with Gasteiger partial charge >= 0.3 is 0 Å². The van der Waals surface area contributed by atoms with Gasteiger partial charge in [0, 0.05) is 25.0 Å². The average molecular weight is 245 g/mol. The first-order valence-corrected chi connectivity index (χ1v) is 7.10. The highest BCUT2D eigenvalue weighted by Gasteiger charge is 2.64. The first-order valence-electron chi connectivity index (χ1n) is 7.10. The van der Waals surface area contributed by atoms with E-state index in [1.165, 1.54) is 5.56 Å². The van der Waals surface area contributed by atoms with Crippen molar-refractivity contribution in [2.45, 2.75) is 44.9 Å². The molecule has 1 saturated carbocycles. The smallest absolute Gasteiger partial charge is 0.0847 e. The second kappa shape index (κ2) is 4.36. The predicted octanol–water partition coefficient (Wildman–Crippen LogP) is 2.67. The maximum Gasteiger partial charge on any atom is 0.0847 e. The molecule has 2 fully saturated rings. The van der Waals surface area contributed by atoms with Crippen LogP contribution in [-0.4, -0.2) is 28.2 Å². The number of rotatable bonds is 4. The Balaban J connectivity index is 1.72. The minimum absolute atomic E-state index is 0.362. The molecule has 3 unspecified atom stereocenters. The third-order valence-corrected chi connectivity index (χ3v) is 4.52. The molecule has 0 aromatic heterocycles. The van der Waals surface area contributed by atoms with Crippen LogP contribution < -0.4 is 0 Å². The number of nitrogens with zero attached hydrogens (tertiary/aromatic N) is 1. The lowest BCUT2D eigenvalue weighted by Crippen LogP contribution is -2.40. The molecule has 18 heavy (non-hydrogen) atoms. The molecule has 1 aromatic rings. The van der Waals surface area contributed by atoms with Crippen molar-refractivity contribution < 1.29 is 5.11 Å². The normalized spacial score (nSPS) is 34.9. The molecule has 2 heteroatoms. The largest absolute Gasteiger partial charge is 0.388 e. The number of piperidine rings is 1. The summed E-state index contributed by atoms with van der Waals surface area (Å²) in [6, 6.07) is 11.0. The van der Waals surface area contributed by atoms with Crippen LogP contribution >= 0.6 is 0 Å². The van der Waals surface area contributed by atoms with Gasteiger partial charge in [0.2, 0.25) is 0 Å². The van der Waals surface area contributed by atoms with Crippen molar-refractivity contribution in [1.29, 1.82) is 0 Å². The summed E-state index contributed by atoms with van der Waals surface area (Å²) in [4.78, 5) is 2.49. The Labute approximate surface area is 110 Å². The number of benzene rings is 1. The molecule has 0 radical (unpaired) electrons. The highest BCUT2D eigenvalue weighted by atomic mass is 16.3. The number of fused-ring (bicyclic) bond motifs is 1. The second-order valence-corrected chi connectivity index (χ2v) is 6.45. The molecule has 0 spiro atoms. The molecule has 1 aromatic carbocycles. The van der Waals surface area contributed by atoms with Crippen molar-refractivity contribution in [2.75, 3.05) is 6.54 Å². The van der Waals surface area contributed by atoms with E-state index in [0.717, 1.165) is 25.9 Å². The maximum atomic E-state index is 10.6. The van der Waals surface area contributed by atoms with Gasteiger partial charge in [0.1, 0.15) is 0 Å². The Morgan fingerprint density at radius 1 is 1.33 bits per heavy atom. The quantitative estimate of drug-likeness (QED) is 0.881. The lowest BCUT2D eigenvalue weighted by Gasteiger charge is -2.31. The summed E-state index contributed by atoms with van der Waals surface area (Å²) in [6.07, 6.45) is 2.13. The summed E-state index contributed by atoms with van der Waals surface area (Å²) < 4.78 is 0. The van der Waals surface area contributed by atoms with Crippen LogP contribution in [0.5, 0.6) is 0 Å². The van der Waals surface area contributed by atoms with Crippen molar-refractivity contribution in [1.82, 2.24) is 4.90 Å². The highest BCUT2D eigenvalue weighted by Crippen LogP contribution is 2.55. The van der Waals surface area contributed by atoms with Crippen LogP contribution in [0.1, 0.15) is 32.3 Å². The summed E-state index contributed by atoms with van der Waals surface area (Å²) in [5, 5.41) is 10.6. The predicted molar refractivity (Wildman–Crippen MR) is 73.2 cm³/mol. The number of hydrogen-bond acceptors (Lipinski definition) is 2. The zero-order valence-electron chi connectivity index (χ0n) is 11.3. The van der Waals surface area contributed by atoms with E-state index < -0.39 is 0 Å². The van der Waals surface area contributed by atoms with Gasteiger partial charge in [-0.3, -0.25) is 4.90 Å². The Morgan fingerprint density at radius 3 is 2.72 bits per heavy atom. The lowest BCUT2D eigenvalue weighted by molar-refractivity contribution is 0.0528. The fourth-order valence-electron chi connectivity index (χ4n) is 3.49. The van der Waals surface area contributed by atoms with Gasteiger partial charge in [-0.05, 0) is 24.3 Å². The second-order valence-electron chi connectivity index (χ2n) is 6.45. The van der Waals surface area contributed by atoms with Crippen LogP contribution in [0.4, 0.5) is 0 Å². The fourth-order valence-corrected chi connectivity index (χ4v) is 3.49. The molecule has 1 aliphatic heterocycles. The van der Waals surface area contributed by atoms with Crippen LogP contribution in [-0.2, 0) is 6.54 Å². The Bertz CT molecular complexity index is 416. The van der Waals surface area contributed by atoms with Crippen molar-refractivity contribution in [3.05, 3.63) is 35.9 Å². The molecule has 1 aliphatic carbocycles.